The molecule has 0 unspecified atom stereocenters. The van der Waals surface area contributed by atoms with Crippen LogP contribution in [-0.4, -0.2) is 72.9 Å². The Bertz CT molecular complexity index is 1370. The summed E-state index contributed by atoms with van der Waals surface area (Å²) in [6.45, 7) is 6.74. The van der Waals surface area contributed by atoms with E-state index in [2.05, 4.69) is 56.7 Å². The van der Waals surface area contributed by atoms with Gasteiger partial charge in [-0.3, -0.25) is 14.6 Å². The van der Waals surface area contributed by atoms with Crippen LogP contribution in [0.1, 0.15) is 34.5 Å². The van der Waals surface area contributed by atoms with Gasteiger partial charge in [-0.15, -0.1) is 0 Å². The molecule has 2 fully saturated rings. The maximum atomic E-state index is 13.4. The molecular formula is C31H36N6O2. The third-order valence-corrected chi connectivity index (χ3v) is 8.21. The van der Waals surface area contributed by atoms with Crippen LogP contribution in [0.15, 0.2) is 60.8 Å². The number of carbonyl (C=O) groups is 2. The van der Waals surface area contributed by atoms with Gasteiger partial charge in [-0.2, -0.15) is 0 Å². The van der Waals surface area contributed by atoms with Gasteiger partial charge in [0.25, 0.3) is 5.91 Å². The Balaban J connectivity index is 1.10. The number of benzene rings is 2. The number of piperazine rings is 1. The molecule has 0 spiro atoms. The number of likely N-dealkylation sites (N-methyl/N-ethyl adjacent to an activating group) is 1. The molecule has 0 bridgehead atoms. The van der Waals surface area contributed by atoms with Crippen LogP contribution in [0.5, 0.6) is 0 Å². The number of fused-ring (bicyclic) bond motifs is 1. The molecule has 4 heterocycles. The van der Waals surface area contributed by atoms with Crippen molar-refractivity contribution in [2.24, 2.45) is 5.92 Å². The SMILES string of the molecule is CN1CCN(c2ccnc(C(=O)N3CCC[C@H](C(=O)Nc4cccc(-c5ccc6c(c5)CNC6)c4)C3)c2)CC1. The summed E-state index contributed by atoms with van der Waals surface area (Å²) in [5, 5.41) is 6.50. The van der Waals surface area contributed by atoms with Crippen LogP contribution in [0, 0.1) is 5.92 Å². The van der Waals surface area contributed by atoms with E-state index in [-0.39, 0.29) is 17.7 Å². The molecule has 2 N–H and O–H groups in total. The lowest BCUT2D eigenvalue weighted by molar-refractivity contribution is -0.121. The molecule has 39 heavy (non-hydrogen) atoms. The van der Waals surface area contributed by atoms with Crippen molar-refractivity contribution in [1.29, 1.82) is 0 Å². The number of pyridine rings is 1. The zero-order chi connectivity index (χ0) is 26.8. The van der Waals surface area contributed by atoms with Gasteiger partial charge >= 0.3 is 0 Å². The third-order valence-electron chi connectivity index (χ3n) is 8.21. The number of aromatic nitrogens is 1. The largest absolute Gasteiger partial charge is 0.369 e. The minimum atomic E-state index is -0.252. The van der Waals surface area contributed by atoms with Crippen molar-refractivity contribution >= 4 is 23.2 Å². The number of hydrogen-bond donors (Lipinski definition) is 2. The highest BCUT2D eigenvalue weighted by atomic mass is 16.2. The van der Waals surface area contributed by atoms with E-state index in [0.717, 1.165) is 74.6 Å². The van der Waals surface area contributed by atoms with Gasteiger partial charge in [-0.25, -0.2) is 0 Å². The molecule has 3 aliphatic heterocycles. The maximum absolute atomic E-state index is 13.4. The van der Waals surface area contributed by atoms with Gasteiger partial charge in [0, 0.05) is 69.9 Å². The van der Waals surface area contributed by atoms with E-state index >= 15 is 0 Å². The number of hydrogen-bond acceptors (Lipinski definition) is 6. The van der Waals surface area contributed by atoms with Crippen LogP contribution in [0.2, 0.25) is 0 Å². The molecule has 2 aromatic carbocycles. The first kappa shape index (κ1) is 25.5. The summed E-state index contributed by atoms with van der Waals surface area (Å²) in [4.78, 5) is 37.5. The van der Waals surface area contributed by atoms with Crippen LogP contribution in [0.25, 0.3) is 11.1 Å². The zero-order valence-corrected chi connectivity index (χ0v) is 22.5. The average Bonchev–Trinajstić information content (AvgIpc) is 3.46. The zero-order valence-electron chi connectivity index (χ0n) is 22.5. The predicted molar refractivity (Wildman–Crippen MR) is 154 cm³/mol. The number of amides is 2. The van der Waals surface area contributed by atoms with E-state index in [1.54, 1.807) is 11.1 Å². The normalized spacial score (nSPS) is 19.6. The van der Waals surface area contributed by atoms with Crippen LogP contribution in [0.3, 0.4) is 0 Å². The molecule has 0 radical (unpaired) electrons. The number of nitrogens with one attached hydrogen (secondary N) is 2. The Kier molecular flexibility index (Phi) is 7.30. The second-order valence-electron chi connectivity index (χ2n) is 10.9. The maximum Gasteiger partial charge on any atom is 0.272 e. The summed E-state index contributed by atoms with van der Waals surface area (Å²) >= 11 is 0. The fourth-order valence-corrected chi connectivity index (χ4v) is 5.83. The molecule has 8 nitrogen and oxygen atoms in total. The number of anilines is 2. The van der Waals surface area contributed by atoms with Gasteiger partial charge in [-0.05, 0) is 72.5 Å². The molecule has 0 saturated carbocycles. The molecule has 3 aliphatic rings. The number of carbonyl (C=O) groups excluding carboxylic acids is 2. The molecule has 3 aromatic rings. The molecule has 0 aliphatic carbocycles. The van der Waals surface area contributed by atoms with E-state index in [9.17, 15) is 9.59 Å². The lowest BCUT2D eigenvalue weighted by Crippen LogP contribution is -2.45. The van der Waals surface area contributed by atoms with Gasteiger partial charge in [0.1, 0.15) is 5.69 Å². The fraction of sp³-hybridized carbons (Fsp3) is 0.387. The molecule has 1 aromatic heterocycles. The van der Waals surface area contributed by atoms with E-state index in [1.165, 1.54) is 11.1 Å². The van der Waals surface area contributed by atoms with Crippen molar-refractivity contribution in [3.63, 3.8) is 0 Å². The van der Waals surface area contributed by atoms with E-state index in [1.807, 2.05) is 30.3 Å². The van der Waals surface area contributed by atoms with Crippen molar-refractivity contribution in [1.82, 2.24) is 20.1 Å². The Morgan fingerprint density at radius 2 is 1.74 bits per heavy atom. The molecular weight excluding hydrogens is 488 g/mol. The summed E-state index contributed by atoms with van der Waals surface area (Å²) in [6.07, 6.45) is 3.28. The monoisotopic (exact) mass is 524 g/mol. The molecule has 2 amide bonds. The summed E-state index contributed by atoms with van der Waals surface area (Å²) in [5.41, 5.74) is 7.17. The van der Waals surface area contributed by atoms with Crippen LogP contribution >= 0.6 is 0 Å². The lowest BCUT2D eigenvalue weighted by atomic mass is 9.96. The van der Waals surface area contributed by atoms with Crippen molar-refractivity contribution in [3.05, 3.63) is 77.6 Å². The number of nitrogens with zero attached hydrogens (tertiary/aromatic N) is 4. The first-order valence-electron chi connectivity index (χ1n) is 14.0. The number of likely N-dealkylation sites (tertiary alicyclic amines) is 1. The highest BCUT2D eigenvalue weighted by Crippen LogP contribution is 2.28. The smallest absolute Gasteiger partial charge is 0.272 e. The Hall–Kier alpha value is -3.75. The van der Waals surface area contributed by atoms with Gasteiger partial charge in [0.05, 0.1) is 5.92 Å². The third kappa shape index (κ3) is 5.67. The Morgan fingerprint density at radius 3 is 2.62 bits per heavy atom. The molecule has 1 atom stereocenters. The van der Waals surface area contributed by atoms with E-state index in [0.29, 0.717) is 18.8 Å². The second-order valence-corrected chi connectivity index (χ2v) is 10.9. The average molecular weight is 525 g/mol. The topological polar surface area (TPSA) is 80.8 Å². The van der Waals surface area contributed by atoms with Crippen LogP contribution < -0.4 is 15.5 Å². The lowest BCUT2D eigenvalue weighted by Gasteiger charge is -2.34. The fourth-order valence-electron chi connectivity index (χ4n) is 5.83. The summed E-state index contributed by atoms with van der Waals surface area (Å²) in [7, 11) is 2.13. The predicted octanol–water partition coefficient (Wildman–Crippen LogP) is 3.59. The van der Waals surface area contributed by atoms with Crippen molar-refractivity contribution in [2.45, 2.75) is 25.9 Å². The van der Waals surface area contributed by atoms with Crippen molar-refractivity contribution < 1.29 is 9.59 Å². The Morgan fingerprint density at radius 1 is 0.923 bits per heavy atom. The first-order chi connectivity index (χ1) is 19.0. The minimum absolute atomic E-state index is 0.0399. The quantitative estimate of drug-likeness (QED) is 0.531. The van der Waals surface area contributed by atoms with E-state index < -0.39 is 0 Å². The molecule has 6 rings (SSSR count). The standard InChI is InChI=1S/C31H36N6O2/c1-35-12-14-36(15-13-35)28-9-10-33-29(18-28)31(39)37-11-3-5-25(21-37)30(38)34-27-6-2-4-22(17-27)23-7-8-24-19-32-20-26(24)16-23/h2,4,6-10,16-18,25,32H,3,5,11-15,19-21H2,1H3,(H,34,38)/t25-/m0/s1. The van der Waals surface area contributed by atoms with Gasteiger partial charge in [0.2, 0.25) is 5.91 Å². The highest BCUT2D eigenvalue weighted by Gasteiger charge is 2.30. The van der Waals surface area contributed by atoms with E-state index in [4.69, 9.17) is 0 Å². The number of piperidine rings is 1. The Labute approximate surface area is 230 Å². The minimum Gasteiger partial charge on any atom is -0.369 e. The first-order valence-corrected chi connectivity index (χ1v) is 14.0. The molecule has 8 heteroatoms. The second kappa shape index (κ2) is 11.2. The number of rotatable bonds is 5. The summed E-state index contributed by atoms with van der Waals surface area (Å²) in [6, 6.07) is 18.4. The molecule has 202 valence electrons. The van der Waals surface area contributed by atoms with Gasteiger partial charge in [-0.1, -0.05) is 24.3 Å². The van der Waals surface area contributed by atoms with Gasteiger partial charge in [0.15, 0.2) is 0 Å². The highest BCUT2D eigenvalue weighted by molar-refractivity contribution is 5.96. The van der Waals surface area contributed by atoms with Crippen molar-refractivity contribution in [2.75, 3.05) is 56.5 Å². The summed E-state index contributed by atoms with van der Waals surface area (Å²) < 4.78 is 0. The molecule has 2 saturated heterocycles. The van der Waals surface area contributed by atoms with Crippen LogP contribution in [-0.2, 0) is 17.9 Å². The summed E-state index contributed by atoms with van der Waals surface area (Å²) in [5.74, 6) is -0.392. The van der Waals surface area contributed by atoms with Crippen molar-refractivity contribution in [3.8, 4) is 11.1 Å². The van der Waals surface area contributed by atoms with Crippen LogP contribution in [0.4, 0.5) is 11.4 Å². The van der Waals surface area contributed by atoms with Gasteiger partial charge < -0.3 is 25.3 Å².